The van der Waals surface area contributed by atoms with Gasteiger partial charge >= 0.3 is 5.97 Å². The molecular weight excluding hydrogens is 184 g/mol. The zero-order chi connectivity index (χ0) is 9.84. The van der Waals surface area contributed by atoms with Crippen molar-refractivity contribution in [2.45, 2.75) is 25.0 Å². The molecule has 13 heavy (non-hydrogen) atoms. The molecule has 1 aliphatic rings. The second-order valence-electron chi connectivity index (χ2n) is 2.88. The molecule has 1 aliphatic heterocycles. The number of halogens is 2. The third kappa shape index (κ3) is 3.23. The fraction of sp³-hybridized carbons (Fsp3) is 0.857. The standard InChI is InChI=1S/C7H11F2NO3/c8-6(9)3-13-4-1-5(7(11)12)10-2-4/h4-6,10H,1-3H2,(H,11,12)/t4-,5-/m0/s1. The van der Waals surface area contributed by atoms with E-state index in [1.807, 2.05) is 0 Å². The Labute approximate surface area is 73.9 Å². The fourth-order valence-electron chi connectivity index (χ4n) is 1.23. The Morgan fingerprint density at radius 1 is 1.69 bits per heavy atom. The first-order chi connectivity index (χ1) is 6.09. The first-order valence-electron chi connectivity index (χ1n) is 3.95. The second-order valence-corrected chi connectivity index (χ2v) is 2.88. The molecule has 4 nitrogen and oxygen atoms in total. The summed E-state index contributed by atoms with van der Waals surface area (Å²) in [6.07, 6.45) is -2.65. The van der Waals surface area contributed by atoms with E-state index in [0.717, 1.165) is 0 Å². The number of hydrogen-bond donors (Lipinski definition) is 2. The number of carbonyl (C=O) groups is 1. The lowest BCUT2D eigenvalue weighted by atomic mass is 10.2. The molecule has 2 N–H and O–H groups in total. The minimum atomic E-state index is -2.50. The molecule has 2 atom stereocenters. The van der Waals surface area contributed by atoms with Crippen LogP contribution in [0.4, 0.5) is 8.78 Å². The van der Waals surface area contributed by atoms with Crippen molar-refractivity contribution in [1.82, 2.24) is 5.32 Å². The first-order valence-corrected chi connectivity index (χ1v) is 3.95. The molecule has 0 radical (unpaired) electrons. The highest BCUT2D eigenvalue weighted by Crippen LogP contribution is 2.11. The van der Waals surface area contributed by atoms with Crippen LogP contribution >= 0.6 is 0 Å². The largest absolute Gasteiger partial charge is 0.480 e. The van der Waals surface area contributed by atoms with E-state index in [4.69, 9.17) is 9.84 Å². The molecule has 0 saturated carbocycles. The van der Waals surface area contributed by atoms with Gasteiger partial charge in [0.15, 0.2) is 0 Å². The summed E-state index contributed by atoms with van der Waals surface area (Å²) >= 11 is 0. The summed E-state index contributed by atoms with van der Waals surface area (Å²) in [7, 11) is 0. The molecule has 0 unspecified atom stereocenters. The van der Waals surface area contributed by atoms with Gasteiger partial charge in [-0.05, 0) is 0 Å². The van der Waals surface area contributed by atoms with Crippen molar-refractivity contribution < 1.29 is 23.4 Å². The number of alkyl halides is 2. The van der Waals surface area contributed by atoms with Gasteiger partial charge in [-0.3, -0.25) is 4.79 Å². The van der Waals surface area contributed by atoms with Crippen LogP contribution in [0.3, 0.4) is 0 Å². The molecule has 0 aliphatic carbocycles. The maximum Gasteiger partial charge on any atom is 0.320 e. The van der Waals surface area contributed by atoms with E-state index in [2.05, 4.69) is 5.32 Å². The van der Waals surface area contributed by atoms with Gasteiger partial charge in [0.1, 0.15) is 12.6 Å². The third-order valence-corrected chi connectivity index (χ3v) is 1.85. The molecule has 0 spiro atoms. The molecule has 0 aromatic heterocycles. The van der Waals surface area contributed by atoms with E-state index in [1.54, 1.807) is 0 Å². The summed E-state index contributed by atoms with van der Waals surface area (Å²) in [6.45, 7) is -0.303. The lowest BCUT2D eigenvalue weighted by Crippen LogP contribution is -2.30. The highest BCUT2D eigenvalue weighted by molar-refractivity contribution is 5.73. The van der Waals surface area contributed by atoms with E-state index in [0.29, 0.717) is 6.54 Å². The molecule has 0 bridgehead atoms. The zero-order valence-corrected chi connectivity index (χ0v) is 6.87. The summed E-state index contributed by atoms with van der Waals surface area (Å²) in [6, 6.07) is -0.664. The fourth-order valence-corrected chi connectivity index (χ4v) is 1.23. The van der Waals surface area contributed by atoms with Gasteiger partial charge in [-0.2, -0.15) is 0 Å². The molecule has 1 saturated heterocycles. The Morgan fingerprint density at radius 2 is 2.38 bits per heavy atom. The van der Waals surface area contributed by atoms with Gasteiger partial charge in [0.25, 0.3) is 6.43 Å². The van der Waals surface area contributed by atoms with Crippen LogP contribution in [0.15, 0.2) is 0 Å². The Hall–Kier alpha value is -0.750. The summed E-state index contributed by atoms with van der Waals surface area (Å²) in [5.74, 6) is -0.969. The van der Waals surface area contributed by atoms with Gasteiger partial charge in [0.05, 0.1) is 6.10 Å². The maximum atomic E-state index is 11.7. The van der Waals surface area contributed by atoms with Crippen molar-refractivity contribution in [2.75, 3.05) is 13.2 Å². The van der Waals surface area contributed by atoms with Crippen molar-refractivity contribution >= 4 is 5.97 Å². The van der Waals surface area contributed by atoms with Crippen LogP contribution in [0.25, 0.3) is 0 Å². The average Bonchev–Trinajstić information content (AvgIpc) is 2.48. The topological polar surface area (TPSA) is 58.6 Å². The summed E-state index contributed by atoms with van der Waals surface area (Å²) in [5, 5.41) is 11.2. The quantitative estimate of drug-likeness (QED) is 0.667. The van der Waals surface area contributed by atoms with Gasteiger partial charge in [-0.15, -0.1) is 0 Å². The molecule has 1 rings (SSSR count). The minimum absolute atomic E-state index is 0.252. The predicted octanol–water partition coefficient (Wildman–Crippen LogP) is 0.0832. The van der Waals surface area contributed by atoms with Crippen LogP contribution in [-0.2, 0) is 9.53 Å². The zero-order valence-electron chi connectivity index (χ0n) is 6.87. The Morgan fingerprint density at radius 3 is 2.85 bits per heavy atom. The lowest BCUT2D eigenvalue weighted by molar-refractivity contribution is -0.139. The van der Waals surface area contributed by atoms with Crippen LogP contribution < -0.4 is 5.32 Å². The van der Waals surface area contributed by atoms with Crippen LogP contribution in [0.2, 0.25) is 0 Å². The monoisotopic (exact) mass is 195 g/mol. The number of carboxylic acid groups (broad SMARTS) is 1. The highest BCUT2D eigenvalue weighted by Gasteiger charge is 2.29. The average molecular weight is 195 g/mol. The lowest BCUT2D eigenvalue weighted by Gasteiger charge is -2.09. The SMILES string of the molecule is O=C(O)[C@@H]1C[C@H](OCC(F)F)CN1. The Kier molecular flexibility index (Phi) is 3.56. The van der Waals surface area contributed by atoms with E-state index in [9.17, 15) is 13.6 Å². The van der Waals surface area contributed by atoms with E-state index in [1.165, 1.54) is 0 Å². The third-order valence-electron chi connectivity index (χ3n) is 1.85. The second kappa shape index (κ2) is 4.48. The number of hydrogen-bond acceptors (Lipinski definition) is 3. The Balaban J connectivity index is 2.21. The molecule has 0 aromatic rings. The first kappa shape index (κ1) is 10.3. The number of rotatable bonds is 4. The molecule has 1 fully saturated rings. The van der Waals surface area contributed by atoms with Crippen molar-refractivity contribution in [3.05, 3.63) is 0 Å². The van der Waals surface area contributed by atoms with Crippen molar-refractivity contribution in [1.29, 1.82) is 0 Å². The van der Waals surface area contributed by atoms with Crippen LogP contribution in [0.1, 0.15) is 6.42 Å². The molecular formula is C7H11F2NO3. The van der Waals surface area contributed by atoms with E-state index < -0.39 is 31.1 Å². The molecule has 0 amide bonds. The van der Waals surface area contributed by atoms with Crippen LogP contribution in [0, 0.1) is 0 Å². The molecule has 76 valence electrons. The van der Waals surface area contributed by atoms with E-state index in [-0.39, 0.29) is 6.42 Å². The van der Waals surface area contributed by atoms with Crippen LogP contribution in [0.5, 0.6) is 0 Å². The smallest absolute Gasteiger partial charge is 0.320 e. The summed E-state index contributed by atoms with van der Waals surface area (Å²) in [5.41, 5.74) is 0. The van der Waals surface area contributed by atoms with Crippen molar-refractivity contribution in [3.63, 3.8) is 0 Å². The van der Waals surface area contributed by atoms with Gasteiger partial charge in [0.2, 0.25) is 0 Å². The molecule has 6 heteroatoms. The maximum absolute atomic E-state index is 11.7. The summed E-state index contributed by atoms with van der Waals surface area (Å²) in [4.78, 5) is 10.4. The van der Waals surface area contributed by atoms with Crippen molar-refractivity contribution in [2.24, 2.45) is 0 Å². The molecule has 0 aromatic carbocycles. The number of ether oxygens (including phenoxy) is 1. The normalized spacial score (nSPS) is 28.2. The minimum Gasteiger partial charge on any atom is -0.480 e. The Bertz CT molecular complexity index is 189. The molecule has 1 heterocycles. The van der Waals surface area contributed by atoms with E-state index >= 15 is 0 Å². The van der Waals surface area contributed by atoms with Crippen LogP contribution in [-0.4, -0.2) is 42.8 Å². The number of nitrogens with one attached hydrogen (secondary N) is 1. The van der Waals surface area contributed by atoms with Gasteiger partial charge in [-0.1, -0.05) is 0 Å². The van der Waals surface area contributed by atoms with Gasteiger partial charge < -0.3 is 15.2 Å². The highest BCUT2D eigenvalue weighted by atomic mass is 19.3. The van der Waals surface area contributed by atoms with Crippen molar-refractivity contribution in [3.8, 4) is 0 Å². The predicted molar refractivity (Wildman–Crippen MR) is 39.8 cm³/mol. The number of carboxylic acids is 1. The van der Waals surface area contributed by atoms with Gasteiger partial charge in [-0.25, -0.2) is 8.78 Å². The van der Waals surface area contributed by atoms with Gasteiger partial charge in [0, 0.05) is 13.0 Å². The number of aliphatic carboxylic acids is 1. The summed E-state index contributed by atoms with van der Waals surface area (Å²) < 4.78 is 28.1.